The molecule has 3 nitrogen and oxygen atoms in total. The van der Waals surface area contributed by atoms with Crippen molar-refractivity contribution in [2.45, 2.75) is 24.7 Å². The zero-order valence-electron chi connectivity index (χ0n) is 33.7. The molecule has 3 aromatic heterocycles. The van der Waals surface area contributed by atoms with Gasteiger partial charge in [0.1, 0.15) is 5.82 Å². The molecule has 0 saturated heterocycles. The van der Waals surface area contributed by atoms with Crippen molar-refractivity contribution in [2.75, 3.05) is 0 Å². The first-order valence-corrected chi connectivity index (χ1v) is 21.3. The third-order valence-electron chi connectivity index (χ3n) is 14.4. The molecule has 0 N–H and O–H groups in total. The van der Waals surface area contributed by atoms with E-state index in [4.69, 9.17) is 9.97 Å². The Labute approximate surface area is 353 Å². The summed E-state index contributed by atoms with van der Waals surface area (Å²) in [5, 5.41) is 6.02. The van der Waals surface area contributed by atoms with Crippen molar-refractivity contribution in [1.29, 1.82) is 0 Å². The van der Waals surface area contributed by atoms with Crippen LogP contribution in [0.4, 0.5) is 0 Å². The summed E-state index contributed by atoms with van der Waals surface area (Å²) in [6, 6.07) is 67.9. The second-order valence-electron chi connectivity index (χ2n) is 17.6. The van der Waals surface area contributed by atoms with Gasteiger partial charge in [0, 0.05) is 33.3 Å². The van der Waals surface area contributed by atoms with Crippen molar-refractivity contribution in [2.24, 2.45) is 0 Å². The van der Waals surface area contributed by atoms with Gasteiger partial charge in [0.05, 0.1) is 16.4 Å². The number of benzene rings is 8. The van der Waals surface area contributed by atoms with Gasteiger partial charge in [-0.15, -0.1) is 0 Å². The van der Waals surface area contributed by atoms with Gasteiger partial charge < -0.3 is 0 Å². The summed E-state index contributed by atoms with van der Waals surface area (Å²) in [4.78, 5) is 10.5. The number of fused-ring (bicyclic) bond motifs is 21. The molecule has 0 unspecified atom stereocenters. The highest BCUT2D eigenvalue weighted by Gasteiger charge is 2.53. The maximum Gasteiger partial charge on any atom is 0.162 e. The number of hydrogen-bond donors (Lipinski definition) is 0. The Morgan fingerprint density at radius 2 is 1.00 bits per heavy atom. The molecule has 0 fully saturated rings. The van der Waals surface area contributed by atoms with Crippen LogP contribution >= 0.6 is 0 Å². The molecular weight excluding hydrogens is 739 g/mol. The number of hydrogen-bond acceptors (Lipinski definition) is 2. The Morgan fingerprint density at radius 3 is 1.74 bits per heavy atom. The van der Waals surface area contributed by atoms with E-state index in [1.165, 1.54) is 99.4 Å². The number of pyridine rings is 2. The third-order valence-corrected chi connectivity index (χ3v) is 14.4. The zero-order valence-corrected chi connectivity index (χ0v) is 33.7. The summed E-state index contributed by atoms with van der Waals surface area (Å²) >= 11 is 0. The molecular formula is C58H37N3. The molecule has 284 valence electrons. The van der Waals surface area contributed by atoms with Crippen molar-refractivity contribution < 1.29 is 0 Å². The monoisotopic (exact) mass is 775 g/mol. The van der Waals surface area contributed by atoms with Gasteiger partial charge in [-0.2, -0.15) is 0 Å². The van der Waals surface area contributed by atoms with Crippen LogP contribution in [0, 0.1) is 0 Å². The fraction of sp³-hybridized carbons (Fsp3) is 0.0690. The SMILES string of the molecule is CC1(C)c2ccccc2-c2ccc(-c3cc(-n4c5ccccc5c5c6ccccc6c6c(c54)C4(c5ccccc5-c5ccccc54)c4ccccc4-6)nc4ncccc34)cc21. The Morgan fingerprint density at radius 1 is 0.443 bits per heavy atom. The van der Waals surface area contributed by atoms with Gasteiger partial charge in [0.2, 0.25) is 0 Å². The molecule has 14 rings (SSSR count). The molecule has 11 aromatic rings. The van der Waals surface area contributed by atoms with Crippen molar-refractivity contribution in [3.05, 3.63) is 222 Å². The van der Waals surface area contributed by atoms with E-state index in [0.717, 1.165) is 27.9 Å². The first kappa shape index (κ1) is 33.2. The van der Waals surface area contributed by atoms with Crippen molar-refractivity contribution in [3.63, 3.8) is 0 Å². The van der Waals surface area contributed by atoms with Crippen molar-refractivity contribution in [1.82, 2.24) is 14.5 Å². The molecule has 0 bridgehead atoms. The fourth-order valence-electron chi connectivity index (χ4n) is 12.0. The summed E-state index contributed by atoms with van der Waals surface area (Å²) in [5.41, 5.74) is 20.5. The van der Waals surface area contributed by atoms with Crippen LogP contribution in [-0.2, 0) is 10.8 Å². The lowest BCUT2D eigenvalue weighted by Gasteiger charge is -2.31. The molecule has 3 heteroatoms. The summed E-state index contributed by atoms with van der Waals surface area (Å²) in [6.07, 6.45) is 1.88. The summed E-state index contributed by atoms with van der Waals surface area (Å²) in [7, 11) is 0. The van der Waals surface area contributed by atoms with Crippen LogP contribution in [-0.4, -0.2) is 14.5 Å². The van der Waals surface area contributed by atoms with E-state index in [9.17, 15) is 0 Å². The minimum absolute atomic E-state index is 0.127. The van der Waals surface area contributed by atoms with Crippen LogP contribution in [0.5, 0.6) is 0 Å². The van der Waals surface area contributed by atoms with E-state index in [0.29, 0.717) is 0 Å². The Kier molecular flexibility index (Phi) is 6.30. The second kappa shape index (κ2) is 11.6. The van der Waals surface area contributed by atoms with Crippen LogP contribution in [0.1, 0.15) is 47.2 Å². The molecule has 0 aliphatic heterocycles. The summed E-state index contributed by atoms with van der Waals surface area (Å²) in [5.74, 6) is 0.860. The standard InChI is InChI=1S/C58H37N3/c1-57(2)45-24-10-5-16-35(45)38-30-29-34(32-49(38)57)44-33-51(60-56-41(44)23-15-31-59-56)61-50-28-14-9-22-43(50)53-40-20-4-3-19-39(40)52-42-21-8-13-27-48(42)58(54(52)55(53)61)46-25-11-6-17-36(46)37-18-7-12-26-47(37)58/h3-33H,1-2H3. The first-order chi connectivity index (χ1) is 30.0. The van der Waals surface area contributed by atoms with Crippen LogP contribution in [0.2, 0.25) is 0 Å². The van der Waals surface area contributed by atoms with E-state index in [1.807, 2.05) is 12.3 Å². The normalized spacial score (nSPS) is 14.7. The molecule has 0 atom stereocenters. The molecule has 0 amide bonds. The fourth-order valence-corrected chi connectivity index (χ4v) is 12.0. The van der Waals surface area contributed by atoms with Crippen LogP contribution < -0.4 is 0 Å². The second-order valence-corrected chi connectivity index (χ2v) is 17.6. The average molecular weight is 776 g/mol. The average Bonchev–Trinajstić information content (AvgIpc) is 3.99. The number of rotatable bonds is 2. The van der Waals surface area contributed by atoms with E-state index in [-0.39, 0.29) is 5.41 Å². The topological polar surface area (TPSA) is 30.7 Å². The molecule has 0 saturated carbocycles. The maximum atomic E-state index is 5.55. The Hall–Kier alpha value is -7.62. The minimum atomic E-state index is -0.563. The molecule has 0 radical (unpaired) electrons. The van der Waals surface area contributed by atoms with E-state index in [2.05, 4.69) is 194 Å². The molecule has 3 aliphatic rings. The first-order valence-electron chi connectivity index (χ1n) is 21.3. The van der Waals surface area contributed by atoms with Crippen LogP contribution in [0.3, 0.4) is 0 Å². The number of nitrogens with zero attached hydrogens (tertiary/aromatic N) is 3. The molecule has 3 aliphatic carbocycles. The lowest BCUT2D eigenvalue weighted by molar-refractivity contribution is 0.660. The smallest absolute Gasteiger partial charge is 0.162 e. The van der Waals surface area contributed by atoms with E-state index in [1.54, 1.807) is 0 Å². The summed E-state index contributed by atoms with van der Waals surface area (Å²) < 4.78 is 2.48. The molecule has 61 heavy (non-hydrogen) atoms. The molecule has 3 heterocycles. The summed E-state index contributed by atoms with van der Waals surface area (Å²) in [6.45, 7) is 4.71. The maximum absolute atomic E-state index is 5.55. The quantitative estimate of drug-likeness (QED) is 0.175. The Bertz CT molecular complexity index is 3710. The molecule has 8 aromatic carbocycles. The predicted molar refractivity (Wildman–Crippen MR) is 251 cm³/mol. The van der Waals surface area contributed by atoms with Gasteiger partial charge in [0.25, 0.3) is 0 Å². The van der Waals surface area contributed by atoms with Gasteiger partial charge in [0.15, 0.2) is 5.65 Å². The van der Waals surface area contributed by atoms with Crippen LogP contribution in [0.15, 0.2) is 188 Å². The number of aromatic nitrogens is 3. The predicted octanol–water partition coefficient (Wildman–Crippen LogP) is 14.2. The zero-order chi connectivity index (χ0) is 40.2. The third kappa shape index (κ3) is 4.00. The molecule has 1 spiro atoms. The van der Waals surface area contributed by atoms with E-state index >= 15 is 0 Å². The Balaban J connectivity index is 1.16. The van der Waals surface area contributed by atoms with Gasteiger partial charge in [-0.1, -0.05) is 166 Å². The lowest BCUT2D eigenvalue weighted by Crippen LogP contribution is -2.26. The number of para-hydroxylation sites is 1. The van der Waals surface area contributed by atoms with Gasteiger partial charge in [-0.25, -0.2) is 9.97 Å². The highest BCUT2D eigenvalue weighted by Crippen LogP contribution is 2.66. The van der Waals surface area contributed by atoms with Gasteiger partial charge >= 0.3 is 0 Å². The van der Waals surface area contributed by atoms with Gasteiger partial charge in [-0.3, -0.25) is 4.57 Å². The van der Waals surface area contributed by atoms with Gasteiger partial charge in [-0.05, 0) is 113 Å². The van der Waals surface area contributed by atoms with Crippen molar-refractivity contribution in [3.8, 4) is 50.3 Å². The highest BCUT2D eigenvalue weighted by molar-refractivity contribution is 6.27. The van der Waals surface area contributed by atoms with Crippen molar-refractivity contribution >= 4 is 43.6 Å². The largest absolute Gasteiger partial charge is 0.293 e. The van der Waals surface area contributed by atoms with E-state index < -0.39 is 5.41 Å². The van der Waals surface area contributed by atoms with Crippen LogP contribution in [0.25, 0.3) is 93.9 Å². The highest BCUT2D eigenvalue weighted by atomic mass is 15.1. The lowest BCUT2D eigenvalue weighted by atomic mass is 9.70. The minimum Gasteiger partial charge on any atom is -0.293 e.